The number of halogens is 1. The van der Waals surface area contributed by atoms with Crippen LogP contribution in [0.3, 0.4) is 0 Å². The first-order chi connectivity index (χ1) is 11.5. The molecule has 0 radical (unpaired) electrons. The van der Waals surface area contributed by atoms with Gasteiger partial charge in [-0.2, -0.15) is 0 Å². The SMILES string of the molecule is COc1cc(Br)c(CNCc2ccc(OC(C)C)cc2)cc1OC. The molecular formula is C19H24BrNO3. The molecule has 2 aromatic rings. The second kappa shape index (κ2) is 8.94. The Balaban J connectivity index is 1.94. The van der Waals surface area contributed by atoms with Gasteiger partial charge in [0.05, 0.1) is 20.3 Å². The average Bonchev–Trinajstić information content (AvgIpc) is 2.57. The third-order valence-electron chi connectivity index (χ3n) is 3.49. The molecule has 0 heterocycles. The van der Waals surface area contributed by atoms with Crippen molar-refractivity contribution in [1.29, 1.82) is 0 Å². The number of nitrogens with one attached hydrogen (secondary N) is 1. The van der Waals surface area contributed by atoms with Crippen molar-refractivity contribution in [3.8, 4) is 17.2 Å². The summed E-state index contributed by atoms with van der Waals surface area (Å²) >= 11 is 3.58. The molecule has 0 aliphatic heterocycles. The number of benzene rings is 2. The van der Waals surface area contributed by atoms with Crippen molar-refractivity contribution in [3.63, 3.8) is 0 Å². The average molecular weight is 394 g/mol. The third kappa shape index (κ3) is 5.14. The molecule has 0 aromatic heterocycles. The molecule has 0 fully saturated rings. The summed E-state index contributed by atoms with van der Waals surface area (Å²) in [6.07, 6.45) is 0.191. The number of rotatable bonds is 8. The third-order valence-corrected chi connectivity index (χ3v) is 4.23. The minimum absolute atomic E-state index is 0.191. The Labute approximate surface area is 152 Å². The van der Waals surface area contributed by atoms with E-state index in [4.69, 9.17) is 14.2 Å². The van der Waals surface area contributed by atoms with Crippen LogP contribution in [0.4, 0.5) is 0 Å². The summed E-state index contributed by atoms with van der Waals surface area (Å²) < 4.78 is 17.3. The van der Waals surface area contributed by atoms with Crippen LogP contribution in [-0.4, -0.2) is 20.3 Å². The van der Waals surface area contributed by atoms with E-state index < -0.39 is 0 Å². The van der Waals surface area contributed by atoms with E-state index in [2.05, 4.69) is 33.4 Å². The van der Waals surface area contributed by atoms with Crippen LogP contribution < -0.4 is 19.5 Å². The van der Waals surface area contributed by atoms with Crippen LogP contribution >= 0.6 is 15.9 Å². The van der Waals surface area contributed by atoms with E-state index in [1.807, 2.05) is 38.1 Å². The van der Waals surface area contributed by atoms with Crippen molar-refractivity contribution < 1.29 is 14.2 Å². The summed E-state index contributed by atoms with van der Waals surface area (Å²) in [5, 5.41) is 3.44. The molecule has 1 N–H and O–H groups in total. The van der Waals surface area contributed by atoms with Crippen molar-refractivity contribution in [2.24, 2.45) is 0 Å². The van der Waals surface area contributed by atoms with E-state index in [0.717, 1.165) is 34.6 Å². The Morgan fingerprint density at radius 3 is 2.17 bits per heavy atom. The number of hydrogen-bond donors (Lipinski definition) is 1. The molecule has 0 bridgehead atoms. The Kier molecular flexibility index (Phi) is 6.94. The van der Waals surface area contributed by atoms with E-state index in [1.54, 1.807) is 14.2 Å². The van der Waals surface area contributed by atoms with Crippen LogP contribution in [0.1, 0.15) is 25.0 Å². The highest BCUT2D eigenvalue weighted by Crippen LogP contribution is 2.33. The number of hydrogen-bond acceptors (Lipinski definition) is 4. The normalized spacial score (nSPS) is 10.8. The van der Waals surface area contributed by atoms with Gasteiger partial charge in [0.2, 0.25) is 0 Å². The zero-order valence-electron chi connectivity index (χ0n) is 14.6. The molecule has 4 nitrogen and oxygen atoms in total. The highest BCUT2D eigenvalue weighted by Gasteiger charge is 2.09. The summed E-state index contributed by atoms with van der Waals surface area (Å²) in [6.45, 7) is 5.56. The first-order valence-electron chi connectivity index (χ1n) is 7.90. The predicted molar refractivity (Wildman–Crippen MR) is 100.0 cm³/mol. The van der Waals surface area contributed by atoms with Gasteiger partial charge in [0.15, 0.2) is 11.5 Å². The van der Waals surface area contributed by atoms with Gasteiger partial charge in [-0.25, -0.2) is 0 Å². The van der Waals surface area contributed by atoms with Crippen molar-refractivity contribution in [1.82, 2.24) is 5.32 Å². The van der Waals surface area contributed by atoms with Gasteiger partial charge in [0.25, 0.3) is 0 Å². The van der Waals surface area contributed by atoms with Crippen LogP contribution in [0.5, 0.6) is 17.2 Å². The molecule has 24 heavy (non-hydrogen) atoms. The molecule has 0 saturated heterocycles. The van der Waals surface area contributed by atoms with E-state index in [-0.39, 0.29) is 6.10 Å². The molecule has 0 saturated carbocycles. The topological polar surface area (TPSA) is 39.7 Å². The van der Waals surface area contributed by atoms with E-state index in [0.29, 0.717) is 5.75 Å². The highest BCUT2D eigenvalue weighted by atomic mass is 79.9. The van der Waals surface area contributed by atoms with Gasteiger partial charge in [-0.15, -0.1) is 0 Å². The van der Waals surface area contributed by atoms with Crippen molar-refractivity contribution in [2.45, 2.75) is 33.0 Å². The Bertz CT molecular complexity index is 656. The Morgan fingerprint density at radius 2 is 1.58 bits per heavy atom. The number of ether oxygens (including phenoxy) is 3. The molecule has 0 spiro atoms. The fourth-order valence-corrected chi connectivity index (χ4v) is 2.79. The lowest BCUT2D eigenvalue weighted by atomic mass is 10.1. The molecule has 5 heteroatoms. The van der Waals surface area contributed by atoms with Crippen LogP contribution in [0.25, 0.3) is 0 Å². The molecule has 0 aliphatic carbocycles. The van der Waals surface area contributed by atoms with Crippen molar-refractivity contribution in [2.75, 3.05) is 14.2 Å². The van der Waals surface area contributed by atoms with Gasteiger partial charge in [-0.05, 0) is 49.2 Å². The zero-order valence-corrected chi connectivity index (χ0v) is 16.1. The fraction of sp³-hybridized carbons (Fsp3) is 0.368. The van der Waals surface area contributed by atoms with E-state index in [1.165, 1.54) is 5.56 Å². The Morgan fingerprint density at radius 1 is 0.958 bits per heavy atom. The second-order valence-electron chi connectivity index (χ2n) is 5.71. The number of methoxy groups -OCH3 is 2. The van der Waals surface area contributed by atoms with Crippen LogP contribution in [0.2, 0.25) is 0 Å². The van der Waals surface area contributed by atoms with Gasteiger partial charge >= 0.3 is 0 Å². The summed E-state index contributed by atoms with van der Waals surface area (Å²) in [6, 6.07) is 12.1. The van der Waals surface area contributed by atoms with Gasteiger partial charge in [0, 0.05) is 17.6 Å². The minimum Gasteiger partial charge on any atom is -0.493 e. The monoisotopic (exact) mass is 393 g/mol. The fourth-order valence-electron chi connectivity index (χ4n) is 2.33. The first-order valence-corrected chi connectivity index (χ1v) is 8.69. The van der Waals surface area contributed by atoms with Gasteiger partial charge in [-0.1, -0.05) is 28.1 Å². The molecule has 0 aliphatic rings. The maximum atomic E-state index is 5.65. The lowest BCUT2D eigenvalue weighted by molar-refractivity contribution is 0.242. The second-order valence-corrected chi connectivity index (χ2v) is 6.57. The molecule has 0 unspecified atom stereocenters. The van der Waals surface area contributed by atoms with E-state index in [9.17, 15) is 0 Å². The largest absolute Gasteiger partial charge is 0.493 e. The lowest BCUT2D eigenvalue weighted by Gasteiger charge is -2.13. The van der Waals surface area contributed by atoms with Crippen LogP contribution in [0, 0.1) is 0 Å². The molecule has 0 amide bonds. The summed E-state index contributed by atoms with van der Waals surface area (Å²) in [5.74, 6) is 2.35. The van der Waals surface area contributed by atoms with Crippen LogP contribution in [-0.2, 0) is 13.1 Å². The Hall–Kier alpha value is -1.72. The maximum Gasteiger partial charge on any atom is 0.161 e. The molecule has 130 valence electrons. The van der Waals surface area contributed by atoms with Gasteiger partial charge in [-0.3, -0.25) is 0 Å². The summed E-state index contributed by atoms with van der Waals surface area (Å²) in [5.41, 5.74) is 2.33. The minimum atomic E-state index is 0.191. The zero-order chi connectivity index (χ0) is 17.5. The molecule has 2 rings (SSSR count). The van der Waals surface area contributed by atoms with Gasteiger partial charge < -0.3 is 19.5 Å². The summed E-state index contributed by atoms with van der Waals surface area (Å²) in [7, 11) is 3.28. The van der Waals surface area contributed by atoms with Gasteiger partial charge in [0.1, 0.15) is 5.75 Å². The molecule has 0 atom stereocenters. The molecular weight excluding hydrogens is 370 g/mol. The van der Waals surface area contributed by atoms with Crippen LogP contribution in [0.15, 0.2) is 40.9 Å². The van der Waals surface area contributed by atoms with E-state index >= 15 is 0 Å². The first kappa shape index (κ1) is 18.6. The smallest absolute Gasteiger partial charge is 0.161 e. The van der Waals surface area contributed by atoms with Crippen molar-refractivity contribution >= 4 is 15.9 Å². The van der Waals surface area contributed by atoms with Crippen molar-refractivity contribution in [3.05, 3.63) is 52.0 Å². The quantitative estimate of drug-likeness (QED) is 0.714. The lowest BCUT2D eigenvalue weighted by Crippen LogP contribution is -2.13. The highest BCUT2D eigenvalue weighted by molar-refractivity contribution is 9.10. The summed E-state index contributed by atoms with van der Waals surface area (Å²) in [4.78, 5) is 0. The standard InChI is InChI=1S/C19H24BrNO3/c1-13(2)24-16-7-5-14(6-8-16)11-21-12-15-9-18(22-3)19(23-4)10-17(15)20/h5-10,13,21H,11-12H2,1-4H3. The predicted octanol–water partition coefficient (Wildman–Crippen LogP) is 4.54. The molecule has 2 aromatic carbocycles. The maximum absolute atomic E-state index is 5.65.